The number of hydrogen-bond donors (Lipinski definition) is 1. The van der Waals surface area contributed by atoms with E-state index in [0.29, 0.717) is 41.8 Å². The SMILES string of the molecule is CCCCOc1cc(COC2=CC(C(CC(=O)O)C3CC3)CC=C2)ccc1-c1cc(OC)ccc1F. The van der Waals surface area contributed by atoms with Crippen molar-refractivity contribution in [2.24, 2.45) is 17.8 Å². The third kappa shape index (κ3) is 6.68. The molecule has 0 spiro atoms. The quantitative estimate of drug-likeness (QED) is 0.299. The number of aliphatic carboxylic acids is 1. The van der Waals surface area contributed by atoms with Crippen molar-refractivity contribution in [2.45, 2.75) is 52.1 Å². The first-order chi connectivity index (χ1) is 17.5. The summed E-state index contributed by atoms with van der Waals surface area (Å²) in [7, 11) is 1.56. The van der Waals surface area contributed by atoms with Gasteiger partial charge in [0.2, 0.25) is 0 Å². The molecule has 2 aromatic rings. The molecule has 0 saturated heterocycles. The zero-order valence-electron chi connectivity index (χ0n) is 21.0. The van der Waals surface area contributed by atoms with Gasteiger partial charge in [-0.3, -0.25) is 4.79 Å². The lowest BCUT2D eigenvalue weighted by atomic mass is 9.81. The lowest BCUT2D eigenvalue weighted by Crippen LogP contribution is -2.20. The molecule has 192 valence electrons. The predicted molar refractivity (Wildman–Crippen MR) is 137 cm³/mol. The van der Waals surface area contributed by atoms with Crippen molar-refractivity contribution in [3.8, 4) is 22.6 Å². The molecule has 0 radical (unpaired) electrons. The average molecular weight is 495 g/mol. The first kappa shape index (κ1) is 25.8. The number of carboxylic acid groups (broad SMARTS) is 1. The fourth-order valence-corrected chi connectivity index (χ4v) is 4.79. The molecule has 1 fully saturated rings. The summed E-state index contributed by atoms with van der Waals surface area (Å²) in [4.78, 5) is 11.4. The van der Waals surface area contributed by atoms with Crippen LogP contribution < -0.4 is 9.47 Å². The Bertz CT molecular complexity index is 1120. The third-order valence-electron chi connectivity index (χ3n) is 6.93. The third-order valence-corrected chi connectivity index (χ3v) is 6.93. The molecule has 1 N–H and O–H groups in total. The van der Waals surface area contributed by atoms with E-state index >= 15 is 0 Å². The summed E-state index contributed by atoms with van der Waals surface area (Å²) in [6, 6.07) is 10.4. The van der Waals surface area contributed by atoms with E-state index in [4.69, 9.17) is 14.2 Å². The zero-order chi connectivity index (χ0) is 25.5. The maximum atomic E-state index is 14.7. The minimum Gasteiger partial charge on any atom is -0.497 e. The van der Waals surface area contributed by atoms with Crippen LogP contribution in [0.2, 0.25) is 0 Å². The van der Waals surface area contributed by atoms with Gasteiger partial charge in [-0.25, -0.2) is 4.39 Å². The smallest absolute Gasteiger partial charge is 0.303 e. The van der Waals surface area contributed by atoms with Crippen LogP contribution in [0.25, 0.3) is 11.1 Å². The van der Waals surface area contributed by atoms with Crippen LogP contribution in [-0.2, 0) is 16.1 Å². The number of carbonyl (C=O) groups is 1. The lowest BCUT2D eigenvalue weighted by Gasteiger charge is -2.25. The van der Waals surface area contributed by atoms with E-state index in [0.717, 1.165) is 43.4 Å². The fraction of sp³-hybridized carbons (Fsp3) is 0.433. The van der Waals surface area contributed by atoms with Gasteiger partial charge in [0, 0.05) is 17.5 Å². The summed E-state index contributed by atoms with van der Waals surface area (Å²) in [6.45, 7) is 2.97. The Labute approximate surface area is 212 Å². The molecule has 0 aliphatic heterocycles. The van der Waals surface area contributed by atoms with E-state index in [-0.39, 0.29) is 24.1 Å². The van der Waals surface area contributed by atoms with Crippen LogP contribution in [0.5, 0.6) is 11.5 Å². The molecule has 0 amide bonds. The highest BCUT2D eigenvalue weighted by atomic mass is 19.1. The minimum absolute atomic E-state index is 0.154. The highest BCUT2D eigenvalue weighted by Gasteiger charge is 2.37. The fourth-order valence-electron chi connectivity index (χ4n) is 4.79. The van der Waals surface area contributed by atoms with Crippen LogP contribution in [0, 0.1) is 23.6 Å². The Morgan fingerprint density at radius 3 is 2.69 bits per heavy atom. The second-order valence-electron chi connectivity index (χ2n) is 9.64. The van der Waals surface area contributed by atoms with Gasteiger partial charge < -0.3 is 19.3 Å². The van der Waals surface area contributed by atoms with Crippen molar-refractivity contribution >= 4 is 5.97 Å². The number of benzene rings is 2. The van der Waals surface area contributed by atoms with Gasteiger partial charge in [0.05, 0.1) is 13.7 Å². The Morgan fingerprint density at radius 2 is 1.97 bits per heavy atom. The molecule has 2 aliphatic rings. The molecule has 36 heavy (non-hydrogen) atoms. The molecule has 2 aromatic carbocycles. The van der Waals surface area contributed by atoms with Gasteiger partial charge in [-0.15, -0.1) is 0 Å². The highest BCUT2D eigenvalue weighted by Crippen LogP contribution is 2.45. The second kappa shape index (κ2) is 12.1. The van der Waals surface area contributed by atoms with Gasteiger partial charge in [-0.05, 0) is 85.4 Å². The molecule has 0 heterocycles. The average Bonchev–Trinajstić information content (AvgIpc) is 3.72. The maximum absolute atomic E-state index is 14.7. The normalized spacial score (nSPS) is 17.9. The molecule has 5 nitrogen and oxygen atoms in total. The summed E-state index contributed by atoms with van der Waals surface area (Å²) in [5.74, 6) is 1.72. The van der Waals surface area contributed by atoms with Crippen LogP contribution in [0.1, 0.15) is 51.0 Å². The van der Waals surface area contributed by atoms with Gasteiger partial charge in [-0.2, -0.15) is 0 Å². The standard InChI is InChI=1S/C30H35FO5/c1-3-4-14-35-29-15-20(8-12-25(29)27-17-23(34-2)11-13-28(27)31)19-36-24-7-5-6-22(16-24)26(18-30(32)33)21-9-10-21/h5,7-8,11-13,15-17,21-22,26H,3-4,6,9-10,14,18-19H2,1-2H3,(H,32,33). The number of rotatable bonds is 13. The van der Waals surface area contributed by atoms with E-state index in [1.165, 1.54) is 6.07 Å². The molecular formula is C30H35FO5. The lowest BCUT2D eigenvalue weighted by molar-refractivity contribution is -0.138. The minimum atomic E-state index is -0.736. The van der Waals surface area contributed by atoms with Crippen molar-refractivity contribution in [1.29, 1.82) is 0 Å². The topological polar surface area (TPSA) is 65.0 Å². The Hall–Kier alpha value is -3.28. The van der Waals surface area contributed by atoms with Crippen molar-refractivity contribution in [2.75, 3.05) is 13.7 Å². The molecule has 2 unspecified atom stereocenters. The summed E-state index contributed by atoms with van der Waals surface area (Å²) in [5, 5.41) is 9.35. The largest absolute Gasteiger partial charge is 0.497 e. The summed E-state index contributed by atoms with van der Waals surface area (Å²) in [6.07, 6.45) is 11.3. The van der Waals surface area contributed by atoms with Crippen LogP contribution in [0.4, 0.5) is 4.39 Å². The number of unbranched alkanes of at least 4 members (excludes halogenated alkanes) is 1. The number of methoxy groups -OCH3 is 1. The molecule has 1 saturated carbocycles. The van der Waals surface area contributed by atoms with Crippen LogP contribution in [0.3, 0.4) is 0 Å². The first-order valence-electron chi connectivity index (χ1n) is 12.8. The van der Waals surface area contributed by atoms with Gasteiger partial charge >= 0.3 is 5.97 Å². The Morgan fingerprint density at radius 1 is 1.14 bits per heavy atom. The summed E-state index contributed by atoms with van der Waals surface area (Å²) >= 11 is 0. The first-order valence-corrected chi connectivity index (χ1v) is 12.8. The van der Waals surface area contributed by atoms with E-state index in [9.17, 15) is 14.3 Å². The second-order valence-corrected chi connectivity index (χ2v) is 9.64. The van der Waals surface area contributed by atoms with E-state index in [1.807, 2.05) is 24.3 Å². The van der Waals surface area contributed by atoms with E-state index in [1.54, 1.807) is 19.2 Å². The molecule has 6 heteroatoms. The summed E-state index contributed by atoms with van der Waals surface area (Å²) < 4.78 is 32.2. The highest BCUT2D eigenvalue weighted by molar-refractivity contribution is 5.72. The Kier molecular flexibility index (Phi) is 8.68. The van der Waals surface area contributed by atoms with Gasteiger partial charge in [0.15, 0.2) is 0 Å². The summed E-state index contributed by atoms with van der Waals surface area (Å²) in [5.41, 5.74) is 2.01. The van der Waals surface area contributed by atoms with Crippen LogP contribution in [0.15, 0.2) is 60.4 Å². The van der Waals surface area contributed by atoms with Gasteiger partial charge in [-0.1, -0.05) is 31.6 Å². The Balaban J connectivity index is 1.51. The monoisotopic (exact) mass is 494 g/mol. The van der Waals surface area contributed by atoms with Crippen molar-refractivity contribution in [1.82, 2.24) is 0 Å². The van der Waals surface area contributed by atoms with Gasteiger partial charge in [0.25, 0.3) is 0 Å². The van der Waals surface area contributed by atoms with Crippen molar-refractivity contribution in [3.05, 3.63) is 71.8 Å². The number of carboxylic acids is 1. The number of allylic oxidation sites excluding steroid dienone is 3. The number of ether oxygens (including phenoxy) is 3. The van der Waals surface area contributed by atoms with Crippen molar-refractivity contribution < 1.29 is 28.5 Å². The van der Waals surface area contributed by atoms with Crippen LogP contribution >= 0.6 is 0 Å². The van der Waals surface area contributed by atoms with Gasteiger partial charge in [0.1, 0.15) is 29.7 Å². The predicted octanol–water partition coefficient (Wildman–Crippen LogP) is 7.16. The van der Waals surface area contributed by atoms with Crippen molar-refractivity contribution in [3.63, 3.8) is 0 Å². The maximum Gasteiger partial charge on any atom is 0.303 e. The molecular weight excluding hydrogens is 459 g/mol. The zero-order valence-corrected chi connectivity index (χ0v) is 21.0. The number of halogens is 1. The van der Waals surface area contributed by atoms with Crippen LogP contribution in [-0.4, -0.2) is 24.8 Å². The molecule has 2 aliphatic carbocycles. The molecule has 0 bridgehead atoms. The van der Waals surface area contributed by atoms with E-state index in [2.05, 4.69) is 19.1 Å². The molecule has 4 rings (SSSR count). The van der Waals surface area contributed by atoms with E-state index < -0.39 is 5.97 Å². The number of hydrogen-bond acceptors (Lipinski definition) is 4. The molecule has 0 aromatic heterocycles. The molecule has 2 atom stereocenters.